The second-order valence-electron chi connectivity index (χ2n) is 9.08. The molecule has 0 saturated heterocycles. The highest BCUT2D eigenvalue weighted by Gasteiger charge is 2.27. The molecule has 2 atom stereocenters. The van der Waals surface area contributed by atoms with Crippen molar-refractivity contribution in [3.63, 3.8) is 0 Å². The Morgan fingerprint density at radius 1 is 1.09 bits per heavy atom. The third kappa shape index (κ3) is 6.39. The second-order valence-corrected chi connectivity index (χ2v) is 10.5. The van der Waals surface area contributed by atoms with E-state index in [-0.39, 0.29) is 23.1 Å². The Labute approximate surface area is 203 Å². The first kappa shape index (κ1) is 24.9. The number of carbonyl (C=O) groups is 2. The Balaban J connectivity index is 1.72. The van der Waals surface area contributed by atoms with Gasteiger partial charge >= 0.3 is 0 Å². The standard InChI is InChI=1S/C25H29ClN4O2S/c1-6-15(2)20(27-21(31)16-10-12-18(13-11-16)25(3,4)5)22(32)28-24-30-29-23(33-24)17-8-7-9-19(26)14-17/h7-15,20H,6H2,1-5H3,(H,27,31)(H,28,30,32). The third-order valence-corrected chi connectivity index (χ3v) is 6.64. The van der Waals surface area contributed by atoms with Crippen molar-refractivity contribution in [2.45, 2.75) is 52.5 Å². The topological polar surface area (TPSA) is 84.0 Å². The number of carbonyl (C=O) groups excluding carboxylic acids is 2. The molecule has 0 fully saturated rings. The van der Waals surface area contributed by atoms with Crippen molar-refractivity contribution in [1.82, 2.24) is 15.5 Å². The third-order valence-electron chi connectivity index (χ3n) is 5.52. The number of hydrogen-bond acceptors (Lipinski definition) is 5. The van der Waals surface area contributed by atoms with Crippen LogP contribution < -0.4 is 10.6 Å². The Morgan fingerprint density at radius 2 is 1.79 bits per heavy atom. The molecule has 0 aliphatic carbocycles. The van der Waals surface area contributed by atoms with Gasteiger partial charge in [-0.05, 0) is 41.2 Å². The summed E-state index contributed by atoms with van der Waals surface area (Å²) in [5.41, 5.74) is 2.48. The van der Waals surface area contributed by atoms with Crippen molar-refractivity contribution < 1.29 is 9.59 Å². The maximum atomic E-state index is 13.1. The predicted octanol–water partition coefficient (Wildman–Crippen LogP) is 5.94. The van der Waals surface area contributed by atoms with E-state index in [1.165, 1.54) is 11.3 Å². The molecule has 1 aromatic heterocycles. The molecule has 174 valence electrons. The first-order valence-electron chi connectivity index (χ1n) is 10.9. The second kappa shape index (κ2) is 10.4. The van der Waals surface area contributed by atoms with Gasteiger partial charge in [0.25, 0.3) is 5.91 Å². The molecule has 0 spiro atoms. The molecule has 3 rings (SSSR count). The molecule has 8 heteroatoms. The number of halogens is 1. The summed E-state index contributed by atoms with van der Waals surface area (Å²) in [6, 6.07) is 14.1. The number of nitrogens with one attached hydrogen (secondary N) is 2. The molecule has 0 saturated carbocycles. The van der Waals surface area contributed by atoms with Crippen LogP contribution in [0.1, 0.15) is 57.0 Å². The molecule has 3 aromatic rings. The van der Waals surface area contributed by atoms with Crippen molar-refractivity contribution in [2.75, 3.05) is 5.32 Å². The first-order valence-corrected chi connectivity index (χ1v) is 12.1. The number of aromatic nitrogens is 2. The fourth-order valence-corrected chi connectivity index (χ4v) is 4.18. The van der Waals surface area contributed by atoms with Crippen molar-refractivity contribution in [3.05, 3.63) is 64.7 Å². The lowest BCUT2D eigenvalue weighted by atomic mass is 9.86. The van der Waals surface area contributed by atoms with Gasteiger partial charge in [-0.2, -0.15) is 0 Å². The van der Waals surface area contributed by atoms with Gasteiger partial charge in [0, 0.05) is 16.1 Å². The molecular weight excluding hydrogens is 456 g/mol. The summed E-state index contributed by atoms with van der Waals surface area (Å²) in [6.07, 6.45) is 0.727. The summed E-state index contributed by atoms with van der Waals surface area (Å²) in [5.74, 6) is -0.672. The lowest BCUT2D eigenvalue weighted by Crippen LogP contribution is -2.47. The number of nitrogens with zero attached hydrogens (tertiary/aromatic N) is 2. The minimum absolute atomic E-state index is 0.000167. The largest absolute Gasteiger partial charge is 0.340 e. The van der Waals surface area contributed by atoms with E-state index in [1.54, 1.807) is 24.3 Å². The average Bonchev–Trinajstić information content (AvgIpc) is 3.24. The van der Waals surface area contributed by atoms with Gasteiger partial charge < -0.3 is 5.32 Å². The van der Waals surface area contributed by atoms with E-state index < -0.39 is 6.04 Å². The van der Waals surface area contributed by atoms with Crippen LogP contribution in [-0.4, -0.2) is 28.1 Å². The van der Waals surface area contributed by atoms with Crippen molar-refractivity contribution in [3.8, 4) is 10.6 Å². The Bertz CT molecular complexity index is 1120. The number of amides is 2. The van der Waals surface area contributed by atoms with Crippen LogP contribution in [0, 0.1) is 5.92 Å². The molecule has 2 unspecified atom stereocenters. The Morgan fingerprint density at radius 3 is 2.39 bits per heavy atom. The fraction of sp³-hybridized carbons (Fsp3) is 0.360. The number of rotatable bonds is 7. The summed E-state index contributed by atoms with van der Waals surface area (Å²) >= 11 is 7.31. The molecule has 2 aromatic carbocycles. The van der Waals surface area contributed by atoms with Crippen LogP contribution in [-0.2, 0) is 10.2 Å². The highest BCUT2D eigenvalue weighted by atomic mass is 35.5. The monoisotopic (exact) mass is 484 g/mol. The molecule has 6 nitrogen and oxygen atoms in total. The quantitative estimate of drug-likeness (QED) is 0.434. The van der Waals surface area contributed by atoms with Crippen LogP contribution in [0.4, 0.5) is 5.13 Å². The summed E-state index contributed by atoms with van der Waals surface area (Å²) in [4.78, 5) is 25.9. The SMILES string of the molecule is CCC(C)C(NC(=O)c1ccc(C(C)(C)C)cc1)C(=O)Nc1nnc(-c2cccc(Cl)c2)s1. The minimum Gasteiger partial charge on any atom is -0.340 e. The molecule has 1 heterocycles. The molecule has 33 heavy (non-hydrogen) atoms. The van der Waals surface area contributed by atoms with Gasteiger partial charge in [-0.3, -0.25) is 14.9 Å². The van der Waals surface area contributed by atoms with Gasteiger partial charge in [-0.25, -0.2) is 0 Å². The zero-order valence-corrected chi connectivity index (χ0v) is 21.1. The maximum Gasteiger partial charge on any atom is 0.251 e. The van der Waals surface area contributed by atoms with Crippen molar-refractivity contribution in [1.29, 1.82) is 0 Å². The van der Waals surface area contributed by atoms with Crippen molar-refractivity contribution >= 4 is 39.9 Å². The van der Waals surface area contributed by atoms with Gasteiger partial charge in [0.1, 0.15) is 11.0 Å². The van der Waals surface area contributed by atoms with E-state index in [1.807, 2.05) is 38.1 Å². The van der Waals surface area contributed by atoms with Gasteiger partial charge in [0.15, 0.2) is 0 Å². The molecular formula is C25H29ClN4O2S. The molecule has 0 aliphatic rings. The number of hydrogen-bond donors (Lipinski definition) is 2. The van der Waals surface area contributed by atoms with Gasteiger partial charge in [0.05, 0.1) is 0 Å². The molecule has 2 N–H and O–H groups in total. The summed E-state index contributed by atoms with van der Waals surface area (Å²) < 4.78 is 0. The molecule has 0 aliphatic heterocycles. The van der Waals surface area contributed by atoms with E-state index in [4.69, 9.17) is 11.6 Å². The first-order chi connectivity index (χ1) is 15.6. The van der Waals surface area contributed by atoms with Crippen LogP contribution in [0.5, 0.6) is 0 Å². The summed E-state index contributed by atoms with van der Waals surface area (Å²) in [5, 5.41) is 15.5. The summed E-state index contributed by atoms with van der Waals surface area (Å²) in [7, 11) is 0. The Kier molecular flexibility index (Phi) is 7.87. The van der Waals surface area contributed by atoms with Crippen LogP contribution in [0.3, 0.4) is 0 Å². The molecule has 2 amide bonds. The van der Waals surface area contributed by atoms with Gasteiger partial charge in [-0.15, -0.1) is 10.2 Å². The van der Waals surface area contributed by atoms with E-state index in [9.17, 15) is 9.59 Å². The lowest BCUT2D eigenvalue weighted by molar-refractivity contribution is -0.119. The highest BCUT2D eigenvalue weighted by Crippen LogP contribution is 2.28. The van der Waals surface area contributed by atoms with Crippen molar-refractivity contribution in [2.24, 2.45) is 5.92 Å². The molecule has 0 bridgehead atoms. The van der Waals surface area contributed by atoms with E-state index >= 15 is 0 Å². The lowest BCUT2D eigenvalue weighted by Gasteiger charge is -2.23. The van der Waals surface area contributed by atoms with E-state index in [2.05, 4.69) is 41.6 Å². The zero-order valence-electron chi connectivity index (χ0n) is 19.5. The highest BCUT2D eigenvalue weighted by molar-refractivity contribution is 7.18. The van der Waals surface area contributed by atoms with Gasteiger partial charge in [-0.1, -0.05) is 88.2 Å². The van der Waals surface area contributed by atoms with Crippen LogP contribution in [0.25, 0.3) is 10.6 Å². The normalized spacial score (nSPS) is 13.3. The van der Waals surface area contributed by atoms with Gasteiger partial charge in [0.2, 0.25) is 11.0 Å². The minimum atomic E-state index is -0.705. The van der Waals surface area contributed by atoms with Crippen LogP contribution in [0.15, 0.2) is 48.5 Å². The zero-order chi connectivity index (χ0) is 24.2. The predicted molar refractivity (Wildman–Crippen MR) is 135 cm³/mol. The number of anilines is 1. The fourth-order valence-electron chi connectivity index (χ4n) is 3.24. The van der Waals surface area contributed by atoms with E-state index in [0.29, 0.717) is 20.7 Å². The average molecular weight is 485 g/mol. The molecule has 0 radical (unpaired) electrons. The maximum absolute atomic E-state index is 13.1. The summed E-state index contributed by atoms with van der Waals surface area (Å²) in [6.45, 7) is 10.3. The van der Waals surface area contributed by atoms with E-state index in [0.717, 1.165) is 17.5 Å². The number of benzene rings is 2. The van der Waals surface area contributed by atoms with Crippen LogP contribution in [0.2, 0.25) is 5.02 Å². The smallest absolute Gasteiger partial charge is 0.251 e. The Hall–Kier alpha value is -2.77. The van der Waals surface area contributed by atoms with Crippen LogP contribution >= 0.6 is 22.9 Å².